The Hall–Kier alpha value is -1.75. The van der Waals surface area contributed by atoms with Gasteiger partial charge in [-0.3, -0.25) is 0 Å². The van der Waals surface area contributed by atoms with Crippen LogP contribution >= 0.6 is 0 Å². The van der Waals surface area contributed by atoms with Crippen molar-refractivity contribution >= 4 is 6.03 Å². The molecule has 2 aliphatic rings. The number of aliphatic hydroxyl groups excluding tert-OH is 1. The van der Waals surface area contributed by atoms with Crippen LogP contribution in [0.1, 0.15) is 48.9 Å². The summed E-state index contributed by atoms with van der Waals surface area (Å²) in [5.74, 6) is 1.27. The summed E-state index contributed by atoms with van der Waals surface area (Å²) in [4.78, 5) is 12.4. The van der Waals surface area contributed by atoms with Crippen molar-refractivity contribution in [1.29, 1.82) is 0 Å². The van der Waals surface area contributed by atoms with Crippen LogP contribution in [0.2, 0.25) is 0 Å². The van der Waals surface area contributed by atoms with E-state index < -0.39 is 5.54 Å². The van der Waals surface area contributed by atoms with E-state index in [-0.39, 0.29) is 18.7 Å². The zero-order valence-corrected chi connectivity index (χ0v) is 14.1. The van der Waals surface area contributed by atoms with Gasteiger partial charge in [-0.15, -0.1) is 0 Å². The van der Waals surface area contributed by atoms with Crippen LogP contribution < -0.4 is 15.4 Å². The Balaban J connectivity index is 1.73. The third-order valence-electron chi connectivity index (χ3n) is 4.99. The monoisotopic (exact) mass is 318 g/mol. The Morgan fingerprint density at radius 1 is 1.35 bits per heavy atom. The van der Waals surface area contributed by atoms with Crippen LogP contribution in [0.5, 0.6) is 5.75 Å². The largest absolute Gasteiger partial charge is 0.493 e. The molecule has 0 radical (unpaired) electrons. The standard InChI is InChI=1S/C18H26N2O3/c1-11-8-12(2)16-14(9-11)15(6-7-23-16)19-17(22)20-18(3,10-21)13-4-5-13/h8-9,13,15,21H,4-7,10H2,1-3H3,(H2,19,20,22)/t15-,18+/m0/s1. The first-order valence-corrected chi connectivity index (χ1v) is 8.36. The van der Waals surface area contributed by atoms with Crippen molar-refractivity contribution in [2.75, 3.05) is 13.2 Å². The van der Waals surface area contributed by atoms with Crippen LogP contribution in [0.15, 0.2) is 12.1 Å². The Labute approximate surface area is 137 Å². The highest BCUT2D eigenvalue weighted by atomic mass is 16.5. The van der Waals surface area contributed by atoms with Gasteiger partial charge in [0.2, 0.25) is 0 Å². The Bertz CT molecular complexity index is 613. The van der Waals surface area contributed by atoms with Crippen LogP contribution in [0.25, 0.3) is 0 Å². The van der Waals surface area contributed by atoms with Crippen LogP contribution in [0.4, 0.5) is 4.79 Å². The second-order valence-electron chi connectivity index (χ2n) is 7.14. The van der Waals surface area contributed by atoms with Gasteiger partial charge in [-0.1, -0.05) is 17.7 Å². The molecule has 0 saturated heterocycles. The van der Waals surface area contributed by atoms with Gasteiger partial charge in [0.1, 0.15) is 5.75 Å². The van der Waals surface area contributed by atoms with Gasteiger partial charge in [0.25, 0.3) is 0 Å². The SMILES string of the molecule is Cc1cc(C)c2c(c1)[C@@H](NC(=O)N[C@](C)(CO)C1CC1)CCO2. The molecule has 23 heavy (non-hydrogen) atoms. The normalized spacial score (nSPS) is 22.5. The summed E-state index contributed by atoms with van der Waals surface area (Å²) < 4.78 is 5.78. The first-order chi connectivity index (χ1) is 10.9. The van der Waals surface area contributed by atoms with E-state index in [0.717, 1.165) is 41.7 Å². The molecule has 0 unspecified atom stereocenters. The number of rotatable bonds is 4. The van der Waals surface area contributed by atoms with Gasteiger partial charge in [0.05, 0.1) is 24.8 Å². The van der Waals surface area contributed by atoms with E-state index in [9.17, 15) is 9.90 Å². The molecule has 1 aliphatic heterocycles. The zero-order chi connectivity index (χ0) is 16.6. The quantitative estimate of drug-likeness (QED) is 0.799. The van der Waals surface area contributed by atoms with E-state index in [0.29, 0.717) is 12.5 Å². The smallest absolute Gasteiger partial charge is 0.315 e. The molecular formula is C18H26N2O3. The van der Waals surface area contributed by atoms with Crippen LogP contribution in [-0.4, -0.2) is 29.9 Å². The maximum Gasteiger partial charge on any atom is 0.315 e. The molecule has 1 saturated carbocycles. The number of hydrogen-bond donors (Lipinski definition) is 3. The highest BCUT2D eigenvalue weighted by Crippen LogP contribution is 2.39. The molecule has 1 fully saturated rings. The average molecular weight is 318 g/mol. The van der Waals surface area contributed by atoms with Crippen LogP contribution in [-0.2, 0) is 0 Å². The number of urea groups is 1. The van der Waals surface area contributed by atoms with Gasteiger partial charge in [-0.2, -0.15) is 0 Å². The van der Waals surface area contributed by atoms with E-state index in [1.807, 2.05) is 13.8 Å². The minimum Gasteiger partial charge on any atom is -0.493 e. The highest BCUT2D eigenvalue weighted by molar-refractivity contribution is 5.75. The van der Waals surface area contributed by atoms with Crippen molar-refractivity contribution < 1.29 is 14.6 Å². The second kappa shape index (κ2) is 6.04. The zero-order valence-electron chi connectivity index (χ0n) is 14.1. The lowest BCUT2D eigenvalue weighted by molar-refractivity contribution is 0.152. The van der Waals surface area contributed by atoms with Crippen molar-refractivity contribution in [3.8, 4) is 5.75 Å². The number of fused-ring (bicyclic) bond motifs is 1. The van der Waals surface area contributed by atoms with E-state index in [4.69, 9.17) is 4.74 Å². The maximum atomic E-state index is 12.4. The number of benzene rings is 1. The van der Waals surface area contributed by atoms with Gasteiger partial charge in [-0.05, 0) is 45.1 Å². The van der Waals surface area contributed by atoms with E-state index in [2.05, 4.69) is 29.7 Å². The summed E-state index contributed by atoms with van der Waals surface area (Å²) in [5.41, 5.74) is 2.78. The molecule has 126 valence electrons. The summed E-state index contributed by atoms with van der Waals surface area (Å²) in [6, 6.07) is 3.90. The van der Waals surface area contributed by atoms with E-state index in [1.165, 1.54) is 0 Å². The van der Waals surface area contributed by atoms with Gasteiger partial charge in [-0.25, -0.2) is 4.79 Å². The predicted octanol–water partition coefficient (Wildman–Crippen LogP) is 2.59. The van der Waals surface area contributed by atoms with Crippen molar-refractivity contribution in [3.05, 3.63) is 28.8 Å². The molecule has 5 nitrogen and oxygen atoms in total. The molecule has 5 heteroatoms. The van der Waals surface area contributed by atoms with Crippen molar-refractivity contribution in [2.45, 2.75) is 51.6 Å². The number of carbonyl (C=O) groups excluding carboxylic acids is 1. The minimum atomic E-state index is -0.527. The first-order valence-electron chi connectivity index (χ1n) is 8.36. The lowest BCUT2D eigenvalue weighted by atomic mass is 9.95. The van der Waals surface area contributed by atoms with Gasteiger partial charge >= 0.3 is 6.03 Å². The van der Waals surface area contributed by atoms with E-state index >= 15 is 0 Å². The van der Waals surface area contributed by atoms with Crippen LogP contribution in [0, 0.1) is 19.8 Å². The minimum absolute atomic E-state index is 0.0341. The summed E-state index contributed by atoms with van der Waals surface area (Å²) in [6.07, 6.45) is 2.88. The molecule has 3 rings (SSSR count). The number of hydrogen-bond acceptors (Lipinski definition) is 3. The van der Waals surface area contributed by atoms with Crippen molar-refractivity contribution in [1.82, 2.24) is 10.6 Å². The summed E-state index contributed by atoms with van der Waals surface area (Å²) in [7, 11) is 0. The van der Waals surface area contributed by atoms with Crippen LogP contribution in [0.3, 0.4) is 0 Å². The number of nitrogens with one attached hydrogen (secondary N) is 2. The Kier molecular flexibility index (Phi) is 4.23. The average Bonchev–Trinajstić information content (AvgIpc) is 3.33. The fourth-order valence-electron chi connectivity index (χ4n) is 3.47. The number of aryl methyl sites for hydroxylation is 2. The molecule has 1 aromatic carbocycles. The van der Waals surface area contributed by atoms with Crippen molar-refractivity contribution in [3.63, 3.8) is 0 Å². The Morgan fingerprint density at radius 2 is 2.09 bits per heavy atom. The third-order valence-corrected chi connectivity index (χ3v) is 4.99. The fourth-order valence-corrected chi connectivity index (χ4v) is 3.47. The number of carbonyl (C=O) groups is 1. The molecule has 0 aromatic heterocycles. The molecule has 0 spiro atoms. The van der Waals surface area contributed by atoms with Gasteiger partial charge in [0.15, 0.2) is 0 Å². The number of aliphatic hydroxyl groups is 1. The molecule has 0 bridgehead atoms. The number of ether oxygens (including phenoxy) is 1. The molecule has 1 aliphatic carbocycles. The second-order valence-corrected chi connectivity index (χ2v) is 7.14. The molecule has 2 amide bonds. The Morgan fingerprint density at radius 3 is 2.74 bits per heavy atom. The van der Waals surface area contributed by atoms with Gasteiger partial charge < -0.3 is 20.5 Å². The maximum absolute atomic E-state index is 12.4. The molecule has 3 N–H and O–H groups in total. The fraction of sp³-hybridized carbons (Fsp3) is 0.611. The molecule has 1 heterocycles. The summed E-state index contributed by atoms with van der Waals surface area (Å²) >= 11 is 0. The molecular weight excluding hydrogens is 292 g/mol. The summed E-state index contributed by atoms with van der Waals surface area (Å²) in [6.45, 7) is 6.56. The summed E-state index contributed by atoms with van der Waals surface area (Å²) in [5, 5.41) is 15.7. The predicted molar refractivity (Wildman–Crippen MR) is 88.7 cm³/mol. The lowest BCUT2D eigenvalue weighted by Gasteiger charge is -2.32. The van der Waals surface area contributed by atoms with Crippen molar-refractivity contribution in [2.24, 2.45) is 5.92 Å². The molecule has 2 atom stereocenters. The lowest BCUT2D eigenvalue weighted by Crippen LogP contribution is -2.54. The third kappa shape index (κ3) is 3.29. The first kappa shape index (κ1) is 16.1. The van der Waals surface area contributed by atoms with Gasteiger partial charge in [0, 0.05) is 12.0 Å². The highest BCUT2D eigenvalue weighted by Gasteiger charge is 2.42. The topological polar surface area (TPSA) is 70.6 Å². The van der Waals surface area contributed by atoms with E-state index in [1.54, 1.807) is 0 Å². The number of amides is 2. The molecule has 1 aromatic rings.